The molecule has 4 nitrogen and oxygen atoms in total. The number of halogens is 1. The second-order valence-corrected chi connectivity index (χ2v) is 5.49. The minimum atomic E-state index is 0.614. The molecule has 0 bridgehead atoms. The molecule has 0 spiro atoms. The molecule has 0 saturated heterocycles. The Kier molecular flexibility index (Phi) is 3.23. The molecule has 5 heteroatoms. The van der Waals surface area contributed by atoms with Gasteiger partial charge in [0.2, 0.25) is 0 Å². The first-order valence-corrected chi connectivity index (χ1v) is 7.21. The molecule has 18 heavy (non-hydrogen) atoms. The summed E-state index contributed by atoms with van der Waals surface area (Å²) in [6, 6.07) is 1.90. The Hall–Kier alpha value is -1.11. The first kappa shape index (κ1) is 12.0. The topological polar surface area (TPSA) is 51.0 Å². The number of aromatic nitrogens is 2. The zero-order valence-corrected chi connectivity index (χ0v) is 12.3. The van der Waals surface area contributed by atoms with Crippen LogP contribution in [0, 0.1) is 3.57 Å². The molecule has 0 amide bonds. The van der Waals surface area contributed by atoms with Gasteiger partial charge in [-0.25, -0.2) is 9.97 Å². The Morgan fingerprint density at radius 3 is 2.89 bits per heavy atom. The van der Waals surface area contributed by atoms with Crippen LogP contribution in [0.4, 0.5) is 5.82 Å². The van der Waals surface area contributed by atoms with Crippen LogP contribution in [0.15, 0.2) is 23.0 Å². The first-order chi connectivity index (χ1) is 8.79. The van der Waals surface area contributed by atoms with Crippen LogP contribution < -0.4 is 5.32 Å². The highest BCUT2D eigenvalue weighted by atomic mass is 127. The summed E-state index contributed by atoms with van der Waals surface area (Å²) >= 11 is 2.34. The minimum absolute atomic E-state index is 0.614. The van der Waals surface area contributed by atoms with Crippen LogP contribution in [0.2, 0.25) is 0 Å². The van der Waals surface area contributed by atoms with Crippen molar-refractivity contribution in [2.75, 3.05) is 11.9 Å². The molecule has 0 unspecified atom stereocenters. The molecule has 2 aromatic heterocycles. The maximum Gasteiger partial charge on any atom is 0.165 e. The lowest BCUT2D eigenvalue weighted by Crippen LogP contribution is -2.07. The highest BCUT2D eigenvalue weighted by molar-refractivity contribution is 14.1. The third kappa shape index (κ3) is 2.23. The van der Waals surface area contributed by atoms with Gasteiger partial charge in [0.25, 0.3) is 0 Å². The van der Waals surface area contributed by atoms with Gasteiger partial charge < -0.3 is 9.73 Å². The number of rotatable bonds is 4. The molecule has 0 atom stereocenters. The van der Waals surface area contributed by atoms with Crippen LogP contribution in [0.1, 0.15) is 31.4 Å². The van der Waals surface area contributed by atoms with Crippen LogP contribution >= 0.6 is 22.6 Å². The minimum Gasteiger partial charge on any atom is -0.472 e. The maximum absolute atomic E-state index is 5.11. The van der Waals surface area contributed by atoms with Crippen molar-refractivity contribution in [3.8, 4) is 11.4 Å². The predicted octanol–water partition coefficient (Wildman–Crippen LogP) is 3.65. The summed E-state index contributed by atoms with van der Waals surface area (Å²) in [7, 11) is 0. The fourth-order valence-electron chi connectivity index (χ4n) is 1.90. The van der Waals surface area contributed by atoms with Crippen LogP contribution in [-0.2, 0) is 0 Å². The van der Waals surface area contributed by atoms with Crippen molar-refractivity contribution < 1.29 is 4.42 Å². The van der Waals surface area contributed by atoms with Gasteiger partial charge in [-0.2, -0.15) is 0 Å². The first-order valence-electron chi connectivity index (χ1n) is 6.13. The van der Waals surface area contributed by atoms with Crippen LogP contribution in [0.5, 0.6) is 0 Å². The normalized spacial score (nSPS) is 14.8. The smallest absolute Gasteiger partial charge is 0.165 e. The van der Waals surface area contributed by atoms with Crippen LogP contribution in [0.3, 0.4) is 0 Å². The van der Waals surface area contributed by atoms with Gasteiger partial charge in [-0.1, -0.05) is 0 Å². The number of hydrogen-bond donors (Lipinski definition) is 1. The number of nitrogens with zero attached hydrogens (tertiary/aromatic N) is 2. The maximum atomic E-state index is 5.11. The molecule has 0 aliphatic heterocycles. The van der Waals surface area contributed by atoms with E-state index >= 15 is 0 Å². The zero-order valence-electron chi connectivity index (χ0n) is 10.1. The van der Waals surface area contributed by atoms with Gasteiger partial charge in [-0.15, -0.1) is 0 Å². The summed E-state index contributed by atoms with van der Waals surface area (Å²) in [5, 5.41) is 3.31. The largest absolute Gasteiger partial charge is 0.472 e. The van der Waals surface area contributed by atoms with Crippen molar-refractivity contribution >= 4 is 28.4 Å². The van der Waals surface area contributed by atoms with Crippen LogP contribution in [0.25, 0.3) is 11.4 Å². The van der Waals surface area contributed by atoms with E-state index in [1.54, 1.807) is 12.5 Å². The number of nitrogens with one attached hydrogen (secondary N) is 1. The Balaban J connectivity index is 2.09. The van der Waals surface area contributed by atoms with Gasteiger partial charge in [0.05, 0.1) is 21.1 Å². The van der Waals surface area contributed by atoms with E-state index in [-0.39, 0.29) is 0 Å². The van der Waals surface area contributed by atoms with Crippen molar-refractivity contribution in [2.45, 2.75) is 25.7 Å². The van der Waals surface area contributed by atoms with Gasteiger partial charge in [-0.3, -0.25) is 0 Å². The molecule has 2 aromatic rings. The van der Waals surface area contributed by atoms with E-state index in [0.717, 1.165) is 27.3 Å². The summed E-state index contributed by atoms with van der Waals surface area (Å²) in [6.45, 7) is 2.94. The fraction of sp³-hybridized carbons (Fsp3) is 0.385. The van der Waals surface area contributed by atoms with Crippen molar-refractivity contribution in [1.82, 2.24) is 9.97 Å². The van der Waals surface area contributed by atoms with E-state index in [0.29, 0.717) is 5.92 Å². The summed E-state index contributed by atoms with van der Waals surface area (Å²) in [5.74, 6) is 2.30. The van der Waals surface area contributed by atoms with E-state index in [1.165, 1.54) is 18.5 Å². The number of hydrogen-bond acceptors (Lipinski definition) is 4. The average Bonchev–Trinajstić information content (AvgIpc) is 3.06. The average molecular weight is 355 g/mol. The summed E-state index contributed by atoms with van der Waals surface area (Å²) < 4.78 is 6.27. The Morgan fingerprint density at radius 1 is 1.44 bits per heavy atom. The SMILES string of the molecule is CCNc1nc(-c2ccoc2)nc(C2CC2)c1I. The summed E-state index contributed by atoms with van der Waals surface area (Å²) in [4.78, 5) is 9.29. The van der Waals surface area contributed by atoms with Gasteiger partial charge in [0, 0.05) is 12.5 Å². The second kappa shape index (κ2) is 4.87. The van der Waals surface area contributed by atoms with Gasteiger partial charge in [-0.05, 0) is 48.4 Å². The van der Waals surface area contributed by atoms with Crippen LogP contribution in [-0.4, -0.2) is 16.5 Å². The molecule has 1 aliphatic carbocycles. The highest BCUT2D eigenvalue weighted by Gasteiger charge is 2.29. The molecule has 1 N–H and O–H groups in total. The molecular formula is C13H14IN3O. The van der Waals surface area contributed by atoms with E-state index in [4.69, 9.17) is 9.40 Å². The lowest BCUT2D eigenvalue weighted by molar-refractivity contribution is 0.568. The Bertz CT molecular complexity index is 550. The van der Waals surface area contributed by atoms with E-state index in [2.05, 4.69) is 39.8 Å². The fourth-order valence-corrected chi connectivity index (χ4v) is 2.77. The molecule has 1 fully saturated rings. The molecular weight excluding hydrogens is 341 g/mol. The predicted molar refractivity (Wildman–Crippen MR) is 78.6 cm³/mol. The standard InChI is InChI=1S/C13H14IN3O/c1-2-15-13-10(14)11(8-3-4-8)16-12(17-13)9-5-6-18-7-9/h5-8H,2-4H2,1H3,(H,15,16,17). The monoisotopic (exact) mass is 355 g/mol. The van der Waals surface area contributed by atoms with E-state index in [1.807, 2.05) is 6.07 Å². The lowest BCUT2D eigenvalue weighted by atomic mass is 10.2. The number of furan rings is 1. The van der Waals surface area contributed by atoms with Gasteiger partial charge in [0.15, 0.2) is 5.82 Å². The molecule has 1 aliphatic rings. The van der Waals surface area contributed by atoms with E-state index in [9.17, 15) is 0 Å². The third-order valence-electron chi connectivity index (χ3n) is 2.96. The van der Waals surface area contributed by atoms with E-state index < -0.39 is 0 Å². The highest BCUT2D eigenvalue weighted by Crippen LogP contribution is 2.42. The molecule has 0 radical (unpaired) electrons. The van der Waals surface area contributed by atoms with Crippen molar-refractivity contribution in [2.24, 2.45) is 0 Å². The zero-order chi connectivity index (χ0) is 12.5. The van der Waals surface area contributed by atoms with Gasteiger partial charge >= 0.3 is 0 Å². The van der Waals surface area contributed by atoms with Crippen molar-refractivity contribution in [3.63, 3.8) is 0 Å². The molecule has 2 heterocycles. The molecule has 3 rings (SSSR count). The summed E-state index contributed by atoms with van der Waals surface area (Å²) in [5.41, 5.74) is 2.12. The third-order valence-corrected chi connectivity index (χ3v) is 4.03. The summed E-state index contributed by atoms with van der Waals surface area (Å²) in [6.07, 6.45) is 5.82. The lowest BCUT2D eigenvalue weighted by Gasteiger charge is -2.11. The van der Waals surface area contributed by atoms with Crippen molar-refractivity contribution in [1.29, 1.82) is 0 Å². The molecule has 1 saturated carbocycles. The Labute approximate surface area is 119 Å². The van der Waals surface area contributed by atoms with Crippen molar-refractivity contribution in [3.05, 3.63) is 27.9 Å². The molecule has 94 valence electrons. The molecule has 0 aromatic carbocycles. The van der Waals surface area contributed by atoms with Gasteiger partial charge in [0.1, 0.15) is 12.1 Å². The number of anilines is 1. The Morgan fingerprint density at radius 2 is 2.28 bits per heavy atom. The quantitative estimate of drug-likeness (QED) is 0.851. The second-order valence-electron chi connectivity index (χ2n) is 4.41.